The molecule has 0 aliphatic carbocycles. The molecule has 0 saturated heterocycles. The van der Waals surface area contributed by atoms with Gasteiger partial charge in [0.05, 0.1) is 0 Å². The zero-order chi connectivity index (χ0) is 8.85. The number of rotatable bonds is 0. The fourth-order valence-electron chi connectivity index (χ4n) is 0.742. The molecule has 11 heavy (non-hydrogen) atoms. The molecule has 0 aromatic carbocycles. The van der Waals surface area contributed by atoms with Gasteiger partial charge in [-0.3, -0.25) is 0 Å². The molecule has 0 aliphatic rings. The van der Waals surface area contributed by atoms with Crippen LogP contribution in [0.15, 0.2) is 12.3 Å². The van der Waals surface area contributed by atoms with E-state index >= 15 is 0 Å². The maximum atomic E-state index is 4.96. The van der Waals surface area contributed by atoms with Crippen LogP contribution in [-0.2, 0) is 0 Å². The number of aromatic amines is 1. The molecule has 0 fully saturated rings. The first kappa shape index (κ1) is 10.4. The normalized spacial score (nSPS) is 8.36. The minimum absolute atomic E-state index is 0.834. The van der Waals surface area contributed by atoms with Gasteiger partial charge < -0.3 is 4.98 Å². The molecule has 0 radical (unpaired) electrons. The molecule has 1 aromatic heterocycles. The van der Waals surface area contributed by atoms with E-state index in [-0.39, 0.29) is 0 Å². The molecule has 0 bridgehead atoms. The summed E-state index contributed by atoms with van der Waals surface area (Å²) >= 11 is 4.96. The van der Waals surface area contributed by atoms with Gasteiger partial charge in [0, 0.05) is 6.20 Å². The first-order valence-electron chi connectivity index (χ1n) is 3.86. The first-order valence-corrected chi connectivity index (χ1v) is 4.27. The van der Waals surface area contributed by atoms with Gasteiger partial charge >= 0.3 is 0 Å². The van der Waals surface area contributed by atoms with Crippen molar-refractivity contribution < 1.29 is 0 Å². The van der Waals surface area contributed by atoms with E-state index in [4.69, 9.17) is 12.2 Å². The van der Waals surface area contributed by atoms with Gasteiger partial charge in [-0.1, -0.05) is 32.1 Å². The SMILES string of the molecule is CC.Cc1c[nH]c(=S)c(C)c1. The van der Waals surface area contributed by atoms with E-state index in [2.05, 4.69) is 11.1 Å². The number of hydrogen-bond donors (Lipinski definition) is 1. The minimum atomic E-state index is 0.834. The Bertz CT molecular complexity index is 263. The van der Waals surface area contributed by atoms with Crippen LogP contribution in [0.2, 0.25) is 0 Å². The lowest BCUT2D eigenvalue weighted by Crippen LogP contribution is -1.80. The third-order valence-electron chi connectivity index (χ3n) is 1.23. The second-order valence-electron chi connectivity index (χ2n) is 2.19. The molecule has 0 unspecified atom stereocenters. The molecular formula is C9H15NS. The Labute approximate surface area is 73.5 Å². The van der Waals surface area contributed by atoms with Gasteiger partial charge in [0.1, 0.15) is 4.64 Å². The Morgan fingerprint density at radius 1 is 1.27 bits per heavy atom. The first-order chi connectivity index (χ1) is 5.20. The second-order valence-corrected chi connectivity index (χ2v) is 2.60. The highest BCUT2D eigenvalue weighted by Gasteiger charge is 1.86. The van der Waals surface area contributed by atoms with Crippen molar-refractivity contribution in [1.82, 2.24) is 4.98 Å². The van der Waals surface area contributed by atoms with E-state index in [1.165, 1.54) is 5.56 Å². The molecule has 1 N–H and O–H groups in total. The van der Waals surface area contributed by atoms with Crippen molar-refractivity contribution >= 4 is 12.2 Å². The summed E-state index contributed by atoms with van der Waals surface area (Å²) in [4.78, 5) is 2.98. The van der Waals surface area contributed by atoms with Gasteiger partial charge in [-0.2, -0.15) is 0 Å². The van der Waals surface area contributed by atoms with Crippen molar-refractivity contribution in [3.63, 3.8) is 0 Å². The number of hydrogen-bond acceptors (Lipinski definition) is 1. The molecule has 0 atom stereocenters. The summed E-state index contributed by atoms with van der Waals surface area (Å²) in [5.74, 6) is 0. The summed E-state index contributed by atoms with van der Waals surface area (Å²) in [5.41, 5.74) is 2.37. The Balaban J connectivity index is 0.000000461. The number of aryl methyl sites for hydroxylation is 2. The molecule has 0 aliphatic heterocycles. The fraction of sp³-hybridized carbons (Fsp3) is 0.444. The number of aromatic nitrogens is 1. The molecule has 0 saturated carbocycles. The summed E-state index contributed by atoms with van der Waals surface area (Å²) in [7, 11) is 0. The van der Waals surface area contributed by atoms with E-state index in [0.29, 0.717) is 0 Å². The van der Waals surface area contributed by atoms with Crippen LogP contribution in [0.1, 0.15) is 25.0 Å². The highest BCUT2D eigenvalue weighted by molar-refractivity contribution is 7.71. The van der Waals surface area contributed by atoms with Crippen LogP contribution in [0.5, 0.6) is 0 Å². The lowest BCUT2D eigenvalue weighted by molar-refractivity contribution is 1.20. The van der Waals surface area contributed by atoms with Crippen LogP contribution >= 0.6 is 12.2 Å². The van der Waals surface area contributed by atoms with Gasteiger partial charge in [-0.05, 0) is 25.0 Å². The number of pyridine rings is 1. The minimum Gasteiger partial charge on any atom is -0.352 e. The third kappa shape index (κ3) is 3.33. The van der Waals surface area contributed by atoms with Gasteiger partial charge in [-0.25, -0.2) is 0 Å². The van der Waals surface area contributed by atoms with Crippen molar-refractivity contribution in [1.29, 1.82) is 0 Å². The number of nitrogens with one attached hydrogen (secondary N) is 1. The Hall–Kier alpha value is -0.630. The Morgan fingerprint density at radius 3 is 2.18 bits per heavy atom. The predicted molar refractivity (Wildman–Crippen MR) is 52.4 cm³/mol. The highest BCUT2D eigenvalue weighted by Crippen LogP contribution is 2.00. The lowest BCUT2D eigenvalue weighted by atomic mass is 10.2. The molecule has 0 amide bonds. The van der Waals surface area contributed by atoms with Crippen LogP contribution in [0.4, 0.5) is 0 Å². The monoisotopic (exact) mass is 169 g/mol. The molecule has 1 heterocycles. The van der Waals surface area contributed by atoms with Crippen molar-refractivity contribution in [2.45, 2.75) is 27.7 Å². The maximum Gasteiger partial charge on any atom is 0.106 e. The molecular weight excluding hydrogens is 154 g/mol. The zero-order valence-electron chi connectivity index (χ0n) is 7.56. The summed E-state index contributed by atoms with van der Waals surface area (Å²) in [6.07, 6.45) is 1.91. The zero-order valence-corrected chi connectivity index (χ0v) is 8.38. The number of H-pyrrole nitrogens is 1. The topological polar surface area (TPSA) is 15.8 Å². The summed E-state index contributed by atoms with van der Waals surface area (Å²) in [6.45, 7) is 8.05. The summed E-state index contributed by atoms with van der Waals surface area (Å²) in [5, 5.41) is 0. The quantitative estimate of drug-likeness (QED) is 0.589. The van der Waals surface area contributed by atoms with E-state index < -0.39 is 0 Å². The summed E-state index contributed by atoms with van der Waals surface area (Å²) in [6, 6.07) is 2.07. The van der Waals surface area contributed by atoms with Crippen LogP contribution < -0.4 is 0 Å². The van der Waals surface area contributed by atoms with Crippen LogP contribution in [-0.4, -0.2) is 4.98 Å². The van der Waals surface area contributed by atoms with Crippen molar-refractivity contribution in [3.8, 4) is 0 Å². The standard InChI is InChI=1S/C7H9NS.C2H6/c1-5-3-6(2)7(9)8-4-5;1-2/h3-4H,1-2H3,(H,8,9);1-2H3. The second kappa shape index (κ2) is 5.08. The lowest BCUT2D eigenvalue weighted by Gasteiger charge is -1.93. The molecule has 1 aromatic rings. The molecule has 1 rings (SSSR count). The molecule has 2 heteroatoms. The Kier molecular flexibility index (Phi) is 4.79. The van der Waals surface area contributed by atoms with E-state index in [9.17, 15) is 0 Å². The molecule has 1 nitrogen and oxygen atoms in total. The average molecular weight is 169 g/mol. The third-order valence-corrected chi connectivity index (χ3v) is 1.67. The van der Waals surface area contributed by atoms with E-state index in [1.54, 1.807) is 0 Å². The largest absolute Gasteiger partial charge is 0.352 e. The van der Waals surface area contributed by atoms with Crippen LogP contribution in [0.25, 0.3) is 0 Å². The van der Waals surface area contributed by atoms with Crippen LogP contribution in [0, 0.1) is 18.5 Å². The fourth-order valence-corrected chi connectivity index (χ4v) is 0.860. The highest BCUT2D eigenvalue weighted by atomic mass is 32.1. The van der Waals surface area contributed by atoms with Crippen LogP contribution in [0.3, 0.4) is 0 Å². The van der Waals surface area contributed by atoms with Gasteiger partial charge in [0.15, 0.2) is 0 Å². The van der Waals surface area contributed by atoms with Gasteiger partial charge in [-0.15, -0.1) is 0 Å². The molecule has 0 spiro atoms. The van der Waals surface area contributed by atoms with E-state index in [0.717, 1.165) is 10.2 Å². The van der Waals surface area contributed by atoms with Crippen molar-refractivity contribution in [3.05, 3.63) is 28.0 Å². The maximum absolute atomic E-state index is 4.96. The smallest absolute Gasteiger partial charge is 0.106 e. The van der Waals surface area contributed by atoms with Gasteiger partial charge in [0.25, 0.3) is 0 Å². The van der Waals surface area contributed by atoms with E-state index in [1.807, 2.05) is 33.9 Å². The summed E-state index contributed by atoms with van der Waals surface area (Å²) < 4.78 is 0.834. The average Bonchev–Trinajstić information content (AvgIpc) is 2.02. The van der Waals surface area contributed by atoms with Crippen molar-refractivity contribution in [2.24, 2.45) is 0 Å². The molecule has 62 valence electrons. The predicted octanol–water partition coefficient (Wildman–Crippen LogP) is 3.39. The van der Waals surface area contributed by atoms with Crippen molar-refractivity contribution in [2.75, 3.05) is 0 Å². The van der Waals surface area contributed by atoms with Gasteiger partial charge in [0.2, 0.25) is 0 Å². The Morgan fingerprint density at radius 2 is 1.82 bits per heavy atom.